The Kier molecular flexibility index (Phi) is 4.63. The van der Waals surface area contributed by atoms with Crippen molar-refractivity contribution in [1.82, 2.24) is 0 Å². The number of aryl methyl sites for hydroxylation is 2. The van der Waals surface area contributed by atoms with Gasteiger partial charge in [-0.1, -0.05) is 31.2 Å². The van der Waals surface area contributed by atoms with Crippen LogP contribution in [0.3, 0.4) is 0 Å². The van der Waals surface area contributed by atoms with Gasteiger partial charge in [0.05, 0.1) is 0 Å². The van der Waals surface area contributed by atoms with Gasteiger partial charge in [-0.15, -0.1) is 0 Å². The van der Waals surface area contributed by atoms with Gasteiger partial charge in [-0.3, -0.25) is 4.79 Å². The van der Waals surface area contributed by atoms with E-state index in [4.69, 9.17) is 5.73 Å². The molecule has 3 nitrogen and oxygen atoms in total. The smallest absolute Gasteiger partial charge is 0.224 e. The molecule has 3 N–H and O–H groups in total. The summed E-state index contributed by atoms with van der Waals surface area (Å²) < 4.78 is 0. The zero-order valence-electron chi connectivity index (χ0n) is 12.8. The minimum atomic E-state index is 0.0352. The first-order valence-electron chi connectivity index (χ1n) is 7.18. The van der Waals surface area contributed by atoms with Crippen LogP contribution >= 0.6 is 0 Å². The molecule has 0 radical (unpaired) electrons. The number of hydrogen-bond acceptors (Lipinski definition) is 2. The quantitative estimate of drug-likeness (QED) is 0.832. The molecule has 0 fully saturated rings. The lowest BCUT2D eigenvalue weighted by atomic mass is 9.97. The van der Waals surface area contributed by atoms with Gasteiger partial charge in [0.25, 0.3) is 0 Å². The zero-order valence-corrected chi connectivity index (χ0v) is 12.8. The highest BCUT2D eigenvalue weighted by Gasteiger charge is 2.12. The fourth-order valence-corrected chi connectivity index (χ4v) is 2.29. The summed E-state index contributed by atoms with van der Waals surface area (Å²) in [4.78, 5) is 12.2. The van der Waals surface area contributed by atoms with Gasteiger partial charge in [0.1, 0.15) is 0 Å². The van der Waals surface area contributed by atoms with Gasteiger partial charge in [0.2, 0.25) is 5.91 Å². The SMILES string of the molecule is Cc1ccc(C)c(NC(=O)CC(C)c2ccc(N)cc2)c1. The third-order valence-corrected chi connectivity index (χ3v) is 3.66. The highest BCUT2D eigenvalue weighted by molar-refractivity contribution is 5.92. The fraction of sp³-hybridized carbons (Fsp3) is 0.278. The number of anilines is 2. The van der Waals surface area contributed by atoms with Crippen LogP contribution in [0.1, 0.15) is 36.0 Å². The van der Waals surface area contributed by atoms with Crippen LogP contribution in [0.2, 0.25) is 0 Å². The summed E-state index contributed by atoms with van der Waals surface area (Å²) in [6, 6.07) is 13.8. The highest BCUT2D eigenvalue weighted by atomic mass is 16.1. The molecule has 1 amide bonds. The van der Waals surface area contributed by atoms with E-state index in [0.717, 1.165) is 28.1 Å². The number of benzene rings is 2. The minimum Gasteiger partial charge on any atom is -0.399 e. The lowest BCUT2D eigenvalue weighted by molar-refractivity contribution is -0.116. The summed E-state index contributed by atoms with van der Waals surface area (Å²) in [5.74, 6) is 0.198. The van der Waals surface area contributed by atoms with Crippen LogP contribution < -0.4 is 11.1 Å². The van der Waals surface area contributed by atoms with Gasteiger partial charge in [-0.2, -0.15) is 0 Å². The molecule has 0 heterocycles. The molecule has 1 unspecified atom stereocenters. The van der Waals surface area contributed by atoms with Crippen molar-refractivity contribution in [3.63, 3.8) is 0 Å². The Hall–Kier alpha value is -2.29. The summed E-state index contributed by atoms with van der Waals surface area (Å²) >= 11 is 0. The number of rotatable bonds is 4. The summed E-state index contributed by atoms with van der Waals surface area (Å²) in [7, 11) is 0. The number of carbonyl (C=O) groups excluding carboxylic acids is 1. The van der Waals surface area contributed by atoms with Crippen molar-refractivity contribution in [2.45, 2.75) is 33.1 Å². The number of amides is 1. The summed E-state index contributed by atoms with van der Waals surface area (Å²) in [5.41, 5.74) is 10.7. The van der Waals surface area contributed by atoms with Crippen molar-refractivity contribution in [3.8, 4) is 0 Å². The second kappa shape index (κ2) is 6.44. The monoisotopic (exact) mass is 282 g/mol. The second-order valence-electron chi connectivity index (χ2n) is 5.64. The van der Waals surface area contributed by atoms with Crippen molar-refractivity contribution < 1.29 is 4.79 Å². The number of nitrogens with one attached hydrogen (secondary N) is 1. The molecule has 0 saturated heterocycles. The molecule has 0 aromatic heterocycles. The molecule has 0 aliphatic carbocycles. The van der Waals surface area contributed by atoms with Crippen LogP contribution in [0.25, 0.3) is 0 Å². The van der Waals surface area contributed by atoms with Crippen molar-refractivity contribution in [3.05, 3.63) is 59.2 Å². The van der Waals surface area contributed by atoms with Crippen LogP contribution in [0.5, 0.6) is 0 Å². The maximum Gasteiger partial charge on any atom is 0.224 e. The van der Waals surface area contributed by atoms with Gasteiger partial charge in [-0.25, -0.2) is 0 Å². The number of hydrogen-bond donors (Lipinski definition) is 2. The van der Waals surface area contributed by atoms with Crippen LogP contribution in [0, 0.1) is 13.8 Å². The van der Waals surface area contributed by atoms with Crippen molar-refractivity contribution in [1.29, 1.82) is 0 Å². The van der Waals surface area contributed by atoms with Crippen molar-refractivity contribution in [2.24, 2.45) is 0 Å². The van der Waals surface area contributed by atoms with E-state index in [2.05, 4.69) is 5.32 Å². The van der Waals surface area contributed by atoms with E-state index >= 15 is 0 Å². The Labute approximate surface area is 126 Å². The Morgan fingerprint density at radius 3 is 2.48 bits per heavy atom. The van der Waals surface area contributed by atoms with E-state index < -0.39 is 0 Å². The summed E-state index contributed by atoms with van der Waals surface area (Å²) in [5, 5.41) is 3.00. The number of nitrogen functional groups attached to an aromatic ring is 1. The lowest BCUT2D eigenvalue weighted by Crippen LogP contribution is -2.15. The molecule has 110 valence electrons. The van der Waals surface area contributed by atoms with Gasteiger partial charge in [0, 0.05) is 17.8 Å². The van der Waals surface area contributed by atoms with Gasteiger partial charge in [0.15, 0.2) is 0 Å². The van der Waals surface area contributed by atoms with E-state index in [1.54, 1.807) is 0 Å². The third-order valence-electron chi connectivity index (χ3n) is 3.66. The Balaban J connectivity index is 2.01. The molecule has 0 spiro atoms. The highest BCUT2D eigenvalue weighted by Crippen LogP contribution is 2.22. The van der Waals surface area contributed by atoms with Gasteiger partial charge in [-0.05, 0) is 54.7 Å². The zero-order chi connectivity index (χ0) is 15.4. The first kappa shape index (κ1) is 15.1. The summed E-state index contributed by atoms with van der Waals surface area (Å²) in [6.07, 6.45) is 0.456. The molecular weight excluding hydrogens is 260 g/mol. The Morgan fingerprint density at radius 2 is 1.81 bits per heavy atom. The third kappa shape index (κ3) is 4.09. The van der Waals surface area contributed by atoms with Crippen molar-refractivity contribution >= 4 is 17.3 Å². The maximum absolute atomic E-state index is 12.2. The average Bonchev–Trinajstić information content (AvgIpc) is 2.43. The Bertz CT molecular complexity index is 632. The largest absolute Gasteiger partial charge is 0.399 e. The minimum absolute atomic E-state index is 0.0352. The van der Waals surface area contributed by atoms with Gasteiger partial charge >= 0.3 is 0 Å². The predicted octanol–water partition coefficient (Wildman–Crippen LogP) is 4.02. The standard InChI is InChI=1S/C18H22N2O/c1-12-4-5-13(2)17(10-12)20-18(21)11-14(3)15-6-8-16(19)9-7-15/h4-10,14H,11,19H2,1-3H3,(H,20,21). The maximum atomic E-state index is 12.2. The molecule has 0 aliphatic rings. The molecule has 3 heteroatoms. The van der Waals surface area contributed by atoms with E-state index in [9.17, 15) is 4.79 Å². The van der Waals surface area contributed by atoms with E-state index in [1.807, 2.05) is 63.2 Å². The molecular formula is C18H22N2O. The summed E-state index contributed by atoms with van der Waals surface area (Å²) in [6.45, 7) is 6.07. The van der Waals surface area contributed by atoms with Gasteiger partial charge < -0.3 is 11.1 Å². The molecule has 0 bridgehead atoms. The van der Waals surface area contributed by atoms with Crippen LogP contribution in [0.15, 0.2) is 42.5 Å². The molecule has 1 atom stereocenters. The lowest BCUT2D eigenvalue weighted by Gasteiger charge is -2.14. The first-order chi connectivity index (χ1) is 9.95. The molecule has 0 saturated carbocycles. The molecule has 2 aromatic rings. The predicted molar refractivity (Wildman–Crippen MR) is 88.4 cm³/mol. The first-order valence-corrected chi connectivity index (χ1v) is 7.18. The fourth-order valence-electron chi connectivity index (χ4n) is 2.29. The molecule has 2 aromatic carbocycles. The van der Waals surface area contributed by atoms with Crippen LogP contribution in [-0.4, -0.2) is 5.91 Å². The second-order valence-corrected chi connectivity index (χ2v) is 5.64. The van der Waals surface area contributed by atoms with Crippen LogP contribution in [-0.2, 0) is 4.79 Å². The van der Waals surface area contributed by atoms with Crippen LogP contribution in [0.4, 0.5) is 11.4 Å². The molecule has 0 aliphatic heterocycles. The molecule has 2 rings (SSSR count). The Morgan fingerprint density at radius 1 is 1.14 bits per heavy atom. The normalized spacial score (nSPS) is 12.0. The van der Waals surface area contributed by atoms with E-state index in [0.29, 0.717) is 6.42 Å². The number of carbonyl (C=O) groups is 1. The average molecular weight is 282 g/mol. The molecule has 21 heavy (non-hydrogen) atoms. The van der Waals surface area contributed by atoms with Crippen molar-refractivity contribution in [2.75, 3.05) is 11.1 Å². The van der Waals surface area contributed by atoms with E-state index in [1.165, 1.54) is 0 Å². The topological polar surface area (TPSA) is 55.1 Å². The number of nitrogens with two attached hydrogens (primary N) is 1. The van der Waals surface area contributed by atoms with E-state index in [-0.39, 0.29) is 11.8 Å².